The zero-order valence-electron chi connectivity index (χ0n) is 11.8. The van der Waals surface area contributed by atoms with Crippen molar-refractivity contribution in [3.8, 4) is 0 Å². The average molecular weight is 268 g/mol. The fourth-order valence-corrected chi connectivity index (χ4v) is 2.46. The van der Waals surface area contributed by atoms with E-state index >= 15 is 0 Å². The lowest BCUT2D eigenvalue weighted by molar-refractivity contribution is 0.272. The fourth-order valence-electron chi connectivity index (χ4n) is 2.46. The highest BCUT2D eigenvalue weighted by atomic mass is 15.5. The van der Waals surface area contributed by atoms with Gasteiger partial charge in [-0.3, -0.25) is 5.01 Å². The van der Waals surface area contributed by atoms with Crippen molar-refractivity contribution < 1.29 is 0 Å². The number of piperazine rings is 1. The van der Waals surface area contributed by atoms with Crippen LogP contribution in [0.4, 0.5) is 5.69 Å². The van der Waals surface area contributed by atoms with Gasteiger partial charge in [0.05, 0.1) is 25.0 Å². The maximum Gasteiger partial charge on any atom is 0.0707 e. The highest BCUT2D eigenvalue weighted by Crippen LogP contribution is 2.15. The Hall–Kier alpha value is -2.23. The lowest BCUT2D eigenvalue weighted by Gasteiger charge is -2.34. The Bertz CT molecular complexity index is 565. The number of hydrazone groups is 1. The summed E-state index contributed by atoms with van der Waals surface area (Å²) in [6.45, 7) is 3.98. The molecule has 0 radical (unpaired) electrons. The molecule has 1 saturated heterocycles. The summed E-state index contributed by atoms with van der Waals surface area (Å²) < 4.78 is 2.07. The van der Waals surface area contributed by atoms with Crippen molar-refractivity contribution >= 4 is 11.9 Å². The molecule has 0 atom stereocenters. The maximum absolute atomic E-state index is 4.58. The first kappa shape index (κ1) is 12.8. The van der Waals surface area contributed by atoms with Crippen LogP contribution in [0.1, 0.15) is 5.69 Å². The second-order valence-electron chi connectivity index (χ2n) is 5.06. The maximum atomic E-state index is 4.58. The Balaban J connectivity index is 1.57. The van der Waals surface area contributed by atoms with Gasteiger partial charge in [-0.25, -0.2) is 0 Å². The summed E-state index contributed by atoms with van der Waals surface area (Å²) in [6.07, 6.45) is 3.98. The molecule has 0 unspecified atom stereocenters. The topological polar surface area (TPSA) is 23.8 Å². The molecule has 4 heteroatoms. The molecule has 1 aromatic heterocycles. The van der Waals surface area contributed by atoms with E-state index in [1.165, 1.54) is 5.69 Å². The van der Waals surface area contributed by atoms with Crippen LogP contribution in [0.25, 0.3) is 0 Å². The predicted molar refractivity (Wildman–Crippen MR) is 83.2 cm³/mol. The van der Waals surface area contributed by atoms with E-state index in [9.17, 15) is 0 Å². The zero-order chi connectivity index (χ0) is 13.8. The first-order valence-corrected chi connectivity index (χ1v) is 7.03. The molecule has 0 saturated carbocycles. The highest BCUT2D eigenvalue weighted by Gasteiger charge is 2.15. The third kappa shape index (κ3) is 2.85. The van der Waals surface area contributed by atoms with E-state index in [0.717, 1.165) is 31.9 Å². The van der Waals surface area contributed by atoms with Crippen molar-refractivity contribution in [3.63, 3.8) is 0 Å². The molecule has 104 valence electrons. The monoisotopic (exact) mass is 268 g/mol. The van der Waals surface area contributed by atoms with Crippen LogP contribution in [0, 0.1) is 0 Å². The van der Waals surface area contributed by atoms with E-state index in [1.54, 1.807) is 0 Å². The van der Waals surface area contributed by atoms with Gasteiger partial charge < -0.3 is 9.47 Å². The predicted octanol–water partition coefficient (Wildman–Crippen LogP) is 2.18. The lowest BCUT2D eigenvalue weighted by atomic mass is 10.2. The number of benzene rings is 1. The molecular formula is C16H20N4. The molecule has 0 bridgehead atoms. The Kier molecular flexibility index (Phi) is 3.72. The van der Waals surface area contributed by atoms with Crippen LogP contribution in [0.2, 0.25) is 0 Å². The number of aromatic nitrogens is 1. The Morgan fingerprint density at radius 1 is 0.950 bits per heavy atom. The van der Waals surface area contributed by atoms with Crippen LogP contribution in [-0.4, -0.2) is 42.0 Å². The SMILES string of the molecule is Cn1cccc1/C=N\N1CCN(c2ccccc2)CC1. The lowest BCUT2D eigenvalue weighted by Crippen LogP contribution is -2.44. The molecule has 20 heavy (non-hydrogen) atoms. The van der Waals surface area contributed by atoms with Crippen LogP contribution in [-0.2, 0) is 7.05 Å². The minimum absolute atomic E-state index is 0.968. The van der Waals surface area contributed by atoms with Gasteiger partial charge in [0.1, 0.15) is 0 Å². The normalized spacial score (nSPS) is 16.1. The molecule has 2 heterocycles. The van der Waals surface area contributed by atoms with E-state index in [2.05, 4.69) is 56.0 Å². The van der Waals surface area contributed by atoms with Gasteiger partial charge in [0.2, 0.25) is 0 Å². The number of rotatable bonds is 3. The largest absolute Gasteiger partial charge is 0.368 e. The standard InChI is InChI=1S/C16H20N4/c1-18-9-5-8-16(18)14-17-20-12-10-19(11-13-20)15-6-3-2-4-7-15/h2-9,14H,10-13H2,1H3/b17-14-. The summed E-state index contributed by atoms with van der Waals surface area (Å²) in [5.74, 6) is 0. The van der Waals surface area contributed by atoms with Gasteiger partial charge in [0, 0.05) is 32.0 Å². The average Bonchev–Trinajstić information content (AvgIpc) is 2.92. The molecule has 1 aromatic carbocycles. The Labute approximate surface area is 119 Å². The Morgan fingerprint density at radius 2 is 1.70 bits per heavy atom. The van der Waals surface area contributed by atoms with E-state index in [1.807, 2.05) is 25.5 Å². The second-order valence-corrected chi connectivity index (χ2v) is 5.06. The van der Waals surface area contributed by atoms with Crippen molar-refractivity contribution in [2.45, 2.75) is 0 Å². The van der Waals surface area contributed by atoms with E-state index in [-0.39, 0.29) is 0 Å². The van der Waals surface area contributed by atoms with E-state index < -0.39 is 0 Å². The summed E-state index contributed by atoms with van der Waals surface area (Å²) in [5, 5.41) is 6.72. The quantitative estimate of drug-likeness (QED) is 0.797. The summed E-state index contributed by atoms with van der Waals surface area (Å²) in [5.41, 5.74) is 2.44. The van der Waals surface area contributed by atoms with E-state index in [0.29, 0.717) is 0 Å². The second kappa shape index (κ2) is 5.82. The summed E-state index contributed by atoms with van der Waals surface area (Å²) in [6, 6.07) is 14.7. The molecular weight excluding hydrogens is 248 g/mol. The van der Waals surface area contributed by atoms with Gasteiger partial charge in [-0.1, -0.05) is 18.2 Å². The van der Waals surface area contributed by atoms with Gasteiger partial charge in [-0.15, -0.1) is 0 Å². The van der Waals surface area contributed by atoms with Gasteiger partial charge >= 0.3 is 0 Å². The molecule has 1 aliphatic heterocycles. The van der Waals surface area contributed by atoms with E-state index in [4.69, 9.17) is 0 Å². The van der Waals surface area contributed by atoms with Gasteiger partial charge in [-0.2, -0.15) is 5.10 Å². The fraction of sp³-hybridized carbons (Fsp3) is 0.312. The highest BCUT2D eigenvalue weighted by molar-refractivity contribution is 5.77. The molecule has 4 nitrogen and oxygen atoms in total. The zero-order valence-corrected chi connectivity index (χ0v) is 11.8. The number of anilines is 1. The summed E-state index contributed by atoms with van der Waals surface area (Å²) >= 11 is 0. The number of para-hydroxylation sites is 1. The van der Waals surface area contributed by atoms with Crippen molar-refractivity contribution in [1.82, 2.24) is 9.58 Å². The van der Waals surface area contributed by atoms with Crippen molar-refractivity contribution in [2.75, 3.05) is 31.1 Å². The van der Waals surface area contributed by atoms with Crippen LogP contribution in [0.3, 0.4) is 0 Å². The third-order valence-electron chi connectivity index (χ3n) is 3.71. The number of nitrogens with zero attached hydrogens (tertiary/aromatic N) is 4. The van der Waals surface area contributed by atoms with Crippen molar-refractivity contribution in [2.24, 2.45) is 12.1 Å². The molecule has 0 aliphatic carbocycles. The molecule has 2 aromatic rings. The summed E-state index contributed by atoms with van der Waals surface area (Å²) in [7, 11) is 2.04. The first-order chi connectivity index (χ1) is 9.83. The van der Waals surface area contributed by atoms with Gasteiger partial charge in [-0.05, 0) is 24.3 Å². The van der Waals surface area contributed by atoms with Crippen molar-refractivity contribution in [1.29, 1.82) is 0 Å². The molecule has 1 fully saturated rings. The third-order valence-corrected chi connectivity index (χ3v) is 3.71. The molecule has 0 spiro atoms. The van der Waals surface area contributed by atoms with Crippen LogP contribution in [0.15, 0.2) is 53.8 Å². The van der Waals surface area contributed by atoms with Crippen LogP contribution < -0.4 is 4.90 Å². The Morgan fingerprint density at radius 3 is 2.35 bits per heavy atom. The number of hydrogen-bond donors (Lipinski definition) is 0. The smallest absolute Gasteiger partial charge is 0.0707 e. The van der Waals surface area contributed by atoms with Gasteiger partial charge in [0.15, 0.2) is 0 Å². The number of hydrogen-bond acceptors (Lipinski definition) is 3. The molecule has 3 rings (SSSR count). The van der Waals surface area contributed by atoms with Crippen LogP contribution >= 0.6 is 0 Å². The van der Waals surface area contributed by atoms with Crippen molar-refractivity contribution in [3.05, 3.63) is 54.4 Å². The van der Waals surface area contributed by atoms with Gasteiger partial charge in [0.25, 0.3) is 0 Å². The summed E-state index contributed by atoms with van der Waals surface area (Å²) in [4.78, 5) is 2.41. The minimum Gasteiger partial charge on any atom is -0.368 e. The molecule has 1 aliphatic rings. The molecule has 0 amide bonds. The molecule has 0 N–H and O–H groups in total. The first-order valence-electron chi connectivity index (χ1n) is 7.03. The van der Waals surface area contributed by atoms with Crippen LogP contribution in [0.5, 0.6) is 0 Å². The minimum atomic E-state index is 0.968. The number of aryl methyl sites for hydroxylation is 1.